The van der Waals surface area contributed by atoms with Crippen LogP contribution in [-0.4, -0.2) is 27.8 Å². The fraction of sp³-hybridized carbons (Fsp3) is 0.833. The quantitative estimate of drug-likeness (QED) is 0.431. The van der Waals surface area contributed by atoms with Crippen molar-refractivity contribution >= 4 is 5.91 Å². The van der Waals surface area contributed by atoms with Gasteiger partial charge in [-0.05, 0) is 19.3 Å². The van der Waals surface area contributed by atoms with Crippen molar-refractivity contribution in [1.29, 1.82) is 0 Å². The zero-order valence-corrected chi connectivity index (χ0v) is 5.58. The molecule has 58 valence electrons. The number of carbonyl (C=O) groups is 1. The van der Waals surface area contributed by atoms with Crippen LogP contribution in [0.4, 0.5) is 0 Å². The molecule has 4 N–H and O–H groups in total. The van der Waals surface area contributed by atoms with E-state index < -0.39 is 17.6 Å². The van der Waals surface area contributed by atoms with Crippen molar-refractivity contribution in [1.82, 2.24) is 0 Å². The highest BCUT2D eigenvalue weighted by atomic mass is 16.4. The van der Waals surface area contributed by atoms with Gasteiger partial charge in [-0.15, -0.1) is 0 Å². The maximum absolute atomic E-state index is 10.5. The van der Waals surface area contributed by atoms with Crippen molar-refractivity contribution in [3.63, 3.8) is 0 Å². The highest BCUT2D eigenvalue weighted by molar-refractivity contribution is 5.84. The standard InChI is InChI=1S/C6H11NO3/c7-5(9)6(10)3-1-2-4(6)8/h4,8,10H,1-3H2,(H2,7,9)/t4-,6+/m1/s1. The molecule has 0 saturated heterocycles. The highest BCUT2D eigenvalue weighted by Crippen LogP contribution is 2.29. The van der Waals surface area contributed by atoms with Crippen molar-refractivity contribution in [2.45, 2.75) is 31.0 Å². The second-order valence-electron chi connectivity index (χ2n) is 2.70. The minimum Gasteiger partial charge on any atom is -0.390 e. The third-order valence-corrected chi connectivity index (χ3v) is 2.01. The molecule has 1 amide bonds. The van der Waals surface area contributed by atoms with Gasteiger partial charge in [-0.3, -0.25) is 4.79 Å². The lowest BCUT2D eigenvalue weighted by atomic mass is 10.00. The molecule has 1 saturated carbocycles. The molecule has 1 rings (SSSR count). The largest absolute Gasteiger partial charge is 0.390 e. The monoisotopic (exact) mass is 145 g/mol. The number of primary amides is 1. The fourth-order valence-electron chi connectivity index (χ4n) is 1.26. The van der Waals surface area contributed by atoms with Gasteiger partial charge in [0.1, 0.15) is 0 Å². The van der Waals surface area contributed by atoms with Crippen LogP contribution in [0.15, 0.2) is 0 Å². The van der Waals surface area contributed by atoms with Gasteiger partial charge in [0, 0.05) is 0 Å². The number of hydrogen-bond acceptors (Lipinski definition) is 3. The lowest BCUT2D eigenvalue weighted by molar-refractivity contribution is -0.145. The van der Waals surface area contributed by atoms with Crippen molar-refractivity contribution in [3.05, 3.63) is 0 Å². The molecule has 0 aromatic carbocycles. The van der Waals surface area contributed by atoms with Crippen LogP contribution >= 0.6 is 0 Å². The van der Waals surface area contributed by atoms with Gasteiger partial charge in [-0.25, -0.2) is 0 Å². The van der Waals surface area contributed by atoms with E-state index in [9.17, 15) is 9.90 Å². The summed E-state index contributed by atoms with van der Waals surface area (Å²) in [6, 6.07) is 0. The van der Waals surface area contributed by atoms with Crippen molar-refractivity contribution in [3.8, 4) is 0 Å². The molecule has 0 bridgehead atoms. The number of rotatable bonds is 1. The Morgan fingerprint density at radius 1 is 1.70 bits per heavy atom. The first-order chi connectivity index (χ1) is 4.57. The third-order valence-electron chi connectivity index (χ3n) is 2.01. The Labute approximate surface area is 58.6 Å². The van der Waals surface area contributed by atoms with E-state index in [4.69, 9.17) is 10.8 Å². The second-order valence-corrected chi connectivity index (χ2v) is 2.70. The number of carbonyl (C=O) groups excluding carboxylic acids is 1. The molecular weight excluding hydrogens is 134 g/mol. The number of nitrogens with two attached hydrogens (primary N) is 1. The van der Waals surface area contributed by atoms with E-state index >= 15 is 0 Å². The van der Waals surface area contributed by atoms with Gasteiger partial charge in [0.2, 0.25) is 0 Å². The predicted molar refractivity (Wildman–Crippen MR) is 34.0 cm³/mol. The van der Waals surface area contributed by atoms with Crippen LogP contribution in [0.1, 0.15) is 19.3 Å². The SMILES string of the molecule is NC(=O)[C@]1(O)CCC[C@H]1O. The number of aliphatic hydroxyl groups is 2. The maximum Gasteiger partial charge on any atom is 0.252 e. The first-order valence-corrected chi connectivity index (χ1v) is 3.28. The van der Waals surface area contributed by atoms with Crippen molar-refractivity contribution in [2.24, 2.45) is 5.73 Å². The van der Waals surface area contributed by atoms with Crippen LogP contribution in [0.5, 0.6) is 0 Å². The molecule has 10 heavy (non-hydrogen) atoms. The van der Waals surface area contributed by atoms with Gasteiger partial charge in [0.05, 0.1) is 6.10 Å². The Hall–Kier alpha value is -0.610. The lowest BCUT2D eigenvalue weighted by Gasteiger charge is -2.21. The predicted octanol–water partition coefficient (Wildman–Crippen LogP) is -1.25. The molecule has 4 nitrogen and oxygen atoms in total. The molecule has 1 aliphatic rings. The van der Waals surface area contributed by atoms with Gasteiger partial charge in [0.25, 0.3) is 5.91 Å². The number of amides is 1. The zero-order valence-electron chi connectivity index (χ0n) is 5.58. The van der Waals surface area contributed by atoms with Crippen LogP contribution in [0.2, 0.25) is 0 Å². The molecule has 0 radical (unpaired) electrons. The van der Waals surface area contributed by atoms with Gasteiger partial charge in [0.15, 0.2) is 5.60 Å². The topological polar surface area (TPSA) is 83.6 Å². The summed E-state index contributed by atoms with van der Waals surface area (Å²) < 4.78 is 0. The maximum atomic E-state index is 10.5. The first-order valence-electron chi connectivity index (χ1n) is 3.28. The molecule has 0 aromatic heterocycles. The van der Waals surface area contributed by atoms with Crippen LogP contribution < -0.4 is 5.73 Å². The van der Waals surface area contributed by atoms with Crippen molar-refractivity contribution < 1.29 is 15.0 Å². The summed E-state index contributed by atoms with van der Waals surface area (Å²) in [4.78, 5) is 10.5. The average molecular weight is 145 g/mol. The summed E-state index contributed by atoms with van der Waals surface area (Å²) in [6.45, 7) is 0. The Bertz CT molecular complexity index is 159. The Kier molecular flexibility index (Phi) is 1.66. The molecule has 1 fully saturated rings. The normalized spacial score (nSPS) is 40.0. The Morgan fingerprint density at radius 3 is 2.50 bits per heavy atom. The molecule has 0 spiro atoms. The summed E-state index contributed by atoms with van der Waals surface area (Å²) in [5.74, 6) is -0.822. The molecule has 4 heteroatoms. The second kappa shape index (κ2) is 2.21. The molecule has 0 heterocycles. The number of hydrogen-bond donors (Lipinski definition) is 3. The van der Waals surface area contributed by atoms with Gasteiger partial charge in [-0.1, -0.05) is 0 Å². The molecule has 0 aromatic rings. The average Bonchev–Trinajstić information content (AvgIpc) is 2.15. The molecule has 2 atom stereocenters. The summed E-state index contributed by atoms with van der Waals surface area (Å²) >= 11 is 0. The van der Waals surface area contributed by atoms with E-state index in [2.05, 4.69) is 0 Å². The van der Waals surface area contributed by atoms with Crippen LogP contribution in [0, 0.1) is 0 Å². The van der Waals surface area contributed by atoms with Gasteiger partial charge < -0.3 is 15.9 Å². The number of aliphatic hydroxyl groups excluding tert-OH is 1. The Balaban J connectivity index is 2.75. The summed E-state index contributed by atoms with van der Waals surface area (Å²) in [5.41, 5.74) is 3.22. The minimum atomic E-state index is -1.65. The first kappa shape index (κ1) is 7.50. The van der Waals surface area contributed by atoms with Crippen LogP contribution in [0.25, 0.3) is 0 Å². The zero-order chi connectivity index (χ0) is 7.78. The van der Waals surface area contributed by atoms with E-state index in [0.717, 1.165) is 0 Å². The Morgan fingerprint density at radius 2 is 2.30 bits per heavy atom. The van der Waals surface area contributed by atoms with E-state index in [1.54, 1.807) is 0 Å². The molecule has 0 aliphatic heterocycles. The highest BCUT2D eigenvalue weighted by Gasteiger charge is 2.45. The van der Waals surface area contributed by atoms with Gasteiger partial charge >= 0.3 is 0 Å². The van der Waals surface area contributed by atoms with E-state index in [0.29, 0.717) is 12.8 Å². The minimum absolute atomic E-state index is 0.281. The molecular formula is C6H11NO3. The molecule has 0 unspecified atom stereocenters. The van der Waals surface area contributed by atoms with E-state index in [1.165, 1.54) is 0 Å². The molecule has 1 aliphatic carbocycles. The summed E-state index contributed by atoms with van der Waals surface area (Å²) in [5, 5.41) is 18.4. The van der Waals surface area contributed by atoms with E-state index in [1.807, 2.05) is 0 Å². The lowest BCUT2D eigenvalue weighted by Crippen LogP contribution is -2.49. The van der Waals surface area contributed by atoms with Crippen molar-refractivity contribution in [2.75, 3.05) is 0 Å². The van der Waals surface area contributed by atoms with E-state index in [-0.39, 0.29) is 6.42 Å². The summed E-state index contributed by atoms with van der Waals surface area (Å²) in [6.07, 6.45) is 0.425. The van der Waals surface area contributed by atoms with Gasteiger partial charge in [-0.2, -0.15) is 0 Å². The third kappa shape index (κ3) is 0.892. The van der Waals surface area contributed by atoms with Crippen LogP contribution in [0.3, 0.4) is 0 Å². The smallest absolute Gasteiger partial charge is 0.252 e. The van der Waals surface area contributed by atoms with Crippen LogP contribution in [-0.2, 0) is 4.79 Å². The fourth-order valence-corrected chi connectivity index (χ4v) is 1.26. The summed E-state index contributed by atoms with van der Waals surface area (Å²) in [7, 11) is 0.